The van der Waals surface area contributed by atoms with Crippen molar-refractivity contribution in [2.75, 3.05) is 13.2 Å². The fraction of sp³-hybridized carbons (Fsp3) is 0.478. The number of halogens is 3. The highest BCUT2D eigenvalue weighted by Crippen LogP contribution is 2.35. The van der Waals surface area contributed by atoms with Gasteiger partial charge < -0.3 is 9.47 Å². The first kappa shape index (κ1) is 20.9. The predicted molar refractivity (Wildman–Crippen MR) is 104 cm³/mol. The van der Waals surface area contributed by atoms with E-state index in [0.717, 1.165) is 24.8 Å². The van der Waals surface area contributed by atoms with Gasteiger partial charge in [-0.1, -0.05) is 44.5 Å². The molecule has 1 aliphatic heterocycles. The number of rotatable bonds is 7. The topological polar surface area (TPSA) is 18.5 Å². The first-order chi connectivity index (χ1) is 13.5. The molecule has 1 aliphatic rings. The van der Waals surface area contributed by atoms with Gasteiger partial charge in [0.2, 0.25) is 0 Å². The number of benzene rings is 2. The molecule has 0 aromatic heterocycles. The summed E-state index contributed by atoms with van der Waals surface area (Å²) in [5, 5.41) is 0. The van der Waals surface area contributed by atoms with Crippen LogP contribution in [0.15, 0.2) is 30.3 Å². The van der Waals surface area contributed by atoms with Gasteiger partial charge >= 0.3 is 0 Å². The SMILES string of the molecule is CCCOC1CCC(c2ccc(-c3ccc(CCC)cc3F)c(F)c2F)CO1. The van der Waals surface area contributed by atoms with Crippen LogP contribution in [-0.2, 0) is 15.9 Å². The molecule has 0 spiro atoms. The molecule has 0 radical (unpaired) electrons. The summed E-state index contributed by atoms with van der Waals surface area (Å²) in [7, 11) is 0. The summed E-state index contributed by atoms with van der Waals surface area (Å²) in [6.07, 6.45) is 3.56. The molecule has 5 heteroatoms. The molecule has 2 aromatic rings. The third-order valence-corrected chi connectivity index (χ3v) is 5.16. The molecule has 1 fully saturated rings. The Bertz CT molecular complexity index is 799. The van der Waals surface area contributed by atoms with Gasteiger partial charge in [-0.2, -0.15) is 0 Å². The van der Waals surface area contributed by atoms with Gasteiger partial charge in [0.05, 0.1) is 6.61 Å². The van der Waals surface area contributed by atoms with Gasteiger partial charge in [0.15, 0.2) is 17.9 Å². The molecular weight excluding hydrogens is 365 g/mol. The predicted octanol–water partition coefficient (Wildman–Crippen LogP) is 6.37. The highest BCUT2D eigenvalue weighted by Gasteiger charge is 2.27. The molecule has 0 N–H and O–H groups in total. The lowest BCUT2D eigenvalue weighted by Gasteiger charge is -2.29. The Morgan fingerprint density at radius 3 is 2.39 bits per heavy atom. The average molecular weight is 392 g/mol. The Morgan fingerprint density at radius 1 is 0.964 bits per heavy atom. The van der Waals surface area contributed by atoms with Crippen molar-refractivity contribution in [3.05, 3.63) is 58.9 Å². The second-order valence-corrected chi connectivity index (χ2v) is 7.30. The van der Waals surface area contributed by atoms with Crippen LogP contribution < -0.4 is 0 Å². The normalized spacial score (nSPS) is 19.8. The summed E-state index contributed by atoms with van der Waals surface area (Å²) in [5.74, 6) is -2.70. The Labute approximate surface area is 164 Å². The van der Waals surface area contributed by atoms with Crippen LogP contribution in [-0.4, -0.2) is 19.5 Å². The fourth-order valence-corrected chi connectivity index (χ4v) is 3.66. The summed E-state index contributed by atoms with van der Waals surface area (Å²) >= 11 is 0. The Hall–Kier alpha value is -1.85. The van der Waals surface area contributed by atoms with Crippen LogP contribution in [0.2, 0.25) is 0 Å². The first-order valence-electron chi connectivity index (χ1n) is 10.0. The van der Waals surface area contributed by atoms with Crippen LogP contribution in [0.5, 0.6) is 0 Å². The molecule has 28 heavy (non-hydrogen) atoms. The molecule has 152 valence electrons. The summed E-state index contributed by atoms with van der Waals surface area (Å²) in [6.45, 7) is 4.93. The van der Waals surface area contributed by atoms with Crippen LogP contribution in [0.4, 0.5) is 13.2 Å². The van der Waals surface area contributed by atoms with Gasteiger partial charge in [0, 0.05) is 23.7 Å². The van der Waals surface area contributed by atoms with E-state index in [1.165, 1.54) is 18.2 Å². The maximum Gasteiger partial charge on any atom is 0.167 e. The third-order valence-electron chi connectivity index (χ3n) is 5.16. The molecule has 0 bridgehead atoms. The van der Waals surface area contributed by atoms with Crippen molar-refractivity contribution < 1.29 is 22.6 Å². The summed E-state index contributed by atoms with van der Waals surface area (Å²) in [5.41, 5.74) is 1.15. The second-order valence-electron chi connectivity index (χ2n) is 7.30. The van der Waals surface area contributed by atoms with E-state index in [1.807, 2.05) is 13.8 Å². The van der Waals surface area contributed by atoms with E-state index in [1.54, 1.807) is 12.1 Å². The van der Waals surface area contributed by atoms with Crippen molar-refractivity contribution in [3.63, 3.8) is 0 Å². The number of hydrogen-bond acceptors (Lipinski definition) is 2. The van der Waals surface area contributed by atoms with Crippen molar-refractivity contribution in [2.45, 2.75) is 58.2 Å². The summed E-state index contributed by atoms with van der Waals surface area (Å²) in [6, 6.07) is 7.70. The van der Waals surface area contributed by atoms with Crippen LogP contribution in [0.1, 0.15) is 56.6 Å². The largest absolute Gasteiger partial charge is 0.353 e. The van der Waals surface area contributed by atoms with Crippen molar-refractivity contribution >= 4 is 0 Å². The second kappa shape index (κ2) is 9.57. The molecule has 2 unspecified atom stereocenters. The van der Waals surface area contributed by atoms with E-state index in [9.17, 15) is 13.2 Å². The number of aryl methyl sites for hydroxylation is 1. The molecule has 0 aliphatic carbocycles. The fourth-order valence-electron chi connectivity index (χ4n) is 3.66. The lowest BCUT2D eigenvalue weighted by Crippen LogP contribution is -2.28. The first-order valence-corrected chi connectivity index (χ1v) is 10.0. The van der Waals surface area contributed by atoms with Crippen LogP contribution >= 0.6 is 0 Å². The van der Waals surface area contributed by atoms with E-state index < -0.39 is 17.5 Å². The molecule has 0 saturated carbocycles. The highest BCUT2D eigenvalue weighted by atomic mass is 19.2. The molecular formula is C23H27F3O2. The number of ether oxygens (including phenoxy) is 2. The minimum Gasteiger partial charge on any atom is -0.353 e. The molecule has 0 amide bonds. The van der Waals surface area contributed by atoms with Crippen molar-refractivity contribution in [1.29, 1.82) is 0 Å². The van der Waals surface area contributed by atoms with Gasteiger partial charge in [-0.05, 0) is 42.9 Å². The average Bonchev–Trinajstić information content (AvgIpc) is 2.70. The van der Waals surface area contributed by atoms with E-state index in [0.29, 0.717) is 19.4 Å². The monoisotopic (exact) mass is 392 g/mol. The minimum atomic E-state index is -1.01. The van der Waals surface area contributed by atoms with Crippen molar-refractivity contribution in [2.24, 2.45) is 0 Å². The summed E-state index contributed by atoms with van der Waals surface area (Å²) in [4.78, 5) is 0. The van der Waals surface area contributed by atoms with E-state index in [4.69, 9.17) is 9.47 Å². The van der Waals surface area contributed by atoms with Crippen molar-refractivity contribution in [1.82, 2.24) is 0 Å². The Morgan fingerprint density at radius 2 is 1.75 bits per heavy atom. The van der Waals surface area contributed by atoms with E-state index in [2.05, 4.69) is 0 Å². The maximum absolute atomic E-state index is 14.8. The van der Waals surface area contributed by atoms with Crippen LogP contribution in [0.25, 0.3) is 11.1 Å². The maximum atomic E-state index is 14.8. The minimum absolute atomic E-state index is 0.0531. The van der Waals surface area contributed by atoms with Gasteiger partial charge in [0.1, 0.15) is 5.82 Å². The van der Waals surface area contributed by atoms with E-state index >= 15 is 0 Å². The molecule has 1 saturated heterocycles. The van der Waals surface area contributed by atoms with E-state index in [-0.39, 0.29) is 35.5 Å². The van der Waals surface area contributed by atoms with Crippen molar-refractivity contribution in [3.8, 4) is 11.1 Å². The number of hydrogen-bond donors (Lipinski definition) is 0. The zero-order valence-electron chi connectivity index (χ0n) is 16.4. The van der Waals surface area contributed by atoms with Gasteiger partial charge in [-0.15, -0.1) is 0 Å². The molecule has 1 heterocycles. The van der Waals surface area contributed by atoms with Crippen LogP contribution in [0, 0.1) is 17.5 Å². The molecule has 2 atom stereocenters. The standard InChI is InChI=1S/C23H27F3O2/c1-3-5-15-6-8-18(20(24)13-15)19-10-9-17(22(25)23(19)26)16-7-11-21(28-14-16)27-12-4-2/h6,8-10,13,16,21H,3-5,7,11-12,14H2,1-2H3. The zero-order valence-corrected chi connectivity index (χ0v) is 16.4. The highest BCUT2D eigenvalue weighted by molar-refractivity contribution is 5.66. The van der Waals surface area contributed by atoms with Crippen LogP contribution in [0.3, 0.4) is 0 Å². The van der Waals surface area contributed by atoms with Gasteiger partial charge in [-0.3, -0.25) is 0 Å². The van der Waals surface area contributed by atoms with Gasteiger partial charge in [0.25, 0.3) is 0 Å². The lowest BCUT2D eigenvalue weighted by molar-refractivity contribution is -0.167. The lowest BCUT2D eigenvalue weighted by atomic mass is 9.90. The Balaban J connectivity index is 1.79. The third kappa shape index (κ3) is 4.58. The molecule has 3 rings (SSSR count). The Kier molecular flexibility index (Phi) is 7.13. The molecule has 2 aromatic carbocycles. The molecule has 2 nitrogen and oxygen atoms in total. The summed E-state index contributed by atoms with van der Waals surface area (Å²) < 4.78 is 55.2. The van der Waals surface area contributed by atoms with Gasteiger partial charge in [-0.25, -0.2) is 13.2 Å². The zero-order chi connectivity index (χ0) is 20.1. The quantitative estimate of drug-likeness (QED) is 0.545. The smallest absolute Gasteiger partial charge is 0.167 e.